The van der Waals surface area contributed by atoms with Gasteiger partial charge in [0.2, 0.25) is 0 Å². The molecule has 1 rings (SSSR count). The molecular weight excluding hydrogens is 172 g/mol. The van der Waals surface area contributed by atoms with Gasteiger partial charge in [-0.2, -0.15) is 0 Å². The van der Waals surface area contributed by atoms with Crippen LogP contribution in [0.5, 0.6) is 0 Å². The van der Waals surface area contributed by atoms with Crippen LogP contribution in [0.15, 0.2) is 30.3 Å². The van der Waals surface area contributed by atoms with Gasteiger partial charge < -0.3 is 4.74 Å². The lowest BCUT2D eigenvalue weighted by atomic mass is 10.1. The van der Waals surface area contributed by atoms with Gasteiger partial charge in [-0.1, -0.05) is 30.2 Å². The Morgan fingerprint density at radius 2 is 2.07 bits per heavy atom. The van der Waals surface area contributed by atoms with Crippen molar-refractivity contribution in [2.75, 3.05) is 13.2 Å². The Morgan fingerprint density at radius 3 is 2.64 bits per heavy atom. The molecule has 0 saturated heterocycles. The predicted molar refractivity (Wildman–Crippen MR) is 59.9 cm³/mol. The first-order chi connectivity index (χ1) is 6.86. The van der Waals surface area contributed by atoms with E-state index in [2.05, 4.69) is 5.92 Å². The molecule has 0 aliphatic carbocycles. The Bertz CT molecular complexity index is 327. The van der Waals surface area contributed by atoms with Gasteiger partial charge in [-0.3, -0.25) is 0 Å². The second-order valence-electron chi connectivity index (χ2n) is 2.83. The fourth-order valence-electron chi connectivity index (χ4n) is 1.06. The summed E-state index contributed by atoms with van der Waals surface area (Å²) in [5.74, 6) is 2.58. The van der Waals surface area contributed by atoms with E-state index >= 15 is 0 Å². The van der Waals surface area contributed by atoms with Crippen LogP contribution < -0.4 is 0 Å². The fourth-order valence-corrected chi connectivity index (χ4v) is 1.06. The molecule has 0 aliphatic rings. The van der Waals surface area contributed by atoms with Gasteiger partial charge in [0.1, 0.15) is 0 Å². The Kier molecular flexibility index (Phi) is 4.54. The molecule has 0 atom stereocenters. The predicted octanol–water partition coefficient (Wildman–Crippen LogP) is 2.72. The molecule has 0 bridgehead atoms. The molecule has 1 aromatic carbocycles. The van der Waals surface area contributed by atoms with Crippen LogP contribution in [0.1, 0.15) is 18.1 Å². The van der Waals surface area contributed by atoms with E-state index in [4.69, 9.17) is 11.2 Å². The van der Waals surface area contributed by atoms with Crippen molar-refractivity contribution in [1.82, 2.24) is 0 Å². The Balaban J connectivity index is 2.52. The summed E-state index contributed by atoms with van der Waals surface area (Å²) in [7, 11) is 0. The Hall–Kier alpha value is -1.52. The first-order valence-electron chi connectivity index (χ1n) is 4.67. The van der Waals surface area contributed by atoms with Gasteiger partial charge >= 0.3 is 0 Å². The summed E-state index contributed by atoms with van der Waals surface area (Å²) in [6.45, 7) is 3.39. The van der Waals surface area contributed by atoms with Gasteiger partial charge in [0, 0.05) is 12.2 Å². The van der Waals surface area contributed by atoms with Crippen LogP contribution in [0.4, 0.5) is 0 Å². The monoisotopic (exact) mass is 186 g/mol. The number of hydrogen-bond acceptors (Lipinski definition) is 1. The second kappa shape index (κ2) is 6.01. The van der Waals surface area contributed by atoms with Gasteiger partial charge in [0.25, 0.3) is 0 Å². The van der Waals surface area contributed by atoms with Crippen molar-refractivity contribution in [2.45, 2.75) is 6.92 Å². The average Bonchev–Trinajstić information content (AvgIpc) is 2.25. The molecule has 0 saturated carbocycles. The first kappa shape index (κ1) is 10.6. The molecule has 14 heavy (non-hydrogen) atoms. The fraction of sp³-hybridized carbons (Fsp3) is 0.231. The minimum Gasteiger partial charge on any atom is -0.378 e. The standard InChI is InChI=1S/C13H14O/c1-3-12-7-9-13(10-8-12)6-5-11-14-4-2/h1,5-10H,4,11H2,2H3/b6-5+. The van der Waals surface area contributed by atoms with Crippen LogP contribution in [0.25, 0.3) is 6.08 Å². The lowest BCUT2D eigenvalue weighted by Crippen LogP contribution is -1.87. The summed E-state index contributed by atoms with van der Waals surface area (Å²) >= 11 is 0. The van der Waals surface area contributed by atoms with Crippen molar-refractivity contribution >= 4 is 6.08 Å². The zero-order valence-corrected chi connectivity index (χ0v) is 8.36. The number of terminal acetylenes is 1. The largest absolute Gasteiger partial charge is 0.378 e. The third-order valence-electron chi connectivity index (χ3n) is 1.81. The van der Waals surface area contributed by atoms with E-state index in [0.29, 0.717) is 6.61 Å². The summed E-state index contributed by atoms with van der Waals surface area (Å²) < 4.78 is 5.18. The molecule has 0 unspecified atom stereocenters. The summed E-state index contributed by atoms with van der Waals surface area (Å²) in [4.78, 5) is 0. The number of hydrogen-bond donors (Lipinski definition) is 0. The summed E-state index contributed by atoms with van der Waals surface area (Å²) in [6.07, 6.45) is 9.27. The average molecular weight is 186 g/mol. The van der Waals surface area contributed by atoms with E-state index < -0.39 is 0 Å². The van der Waals surface area contributed by atoms with Crippen LogP contribution in [0, 0.1) is 12.3 Å². The van der Waals surface area contributed by atoms with Crippen LogP contribution >= 0.6 is 0 Å². The zero-order chi connectivity index (χ0) is 10.2. The maximum atomic E-state index is 5.25. The quantitative estimate of drug-likeness (QED) is 0.519. The molecule has 0 fully saturated rings. The van der Waals surface area contributed by atoms with E-state index in [1.807, 2.05) is 43.3 Å². The Labute approximate surface area is 85.4 Å². The van der Waals surface area contributed by atoms with Gasteiger partial charge in [-0.25, -0.2) is 0 Å². The molecule has 1 heteroatoms. The van der Waals surface area contributed by atoms with E-state index in [-0.39, 0.29) is 0 Å². The molecular formula is C13H14O. The minimum atomic E-state index is 0.660. The molecule has 72 valence electrons. The molecule has 1 aromatic rings. The van der Waals surface area contributed by atoms with Crippen molar-refractivity contribution < 1.29 is 4.74 Å². The Morgan fingerprint density at radius 1 is 1.36 bits per heavy atom. The molecule has 0 radical (unpaired) electrons. The van der Waals surface area contributed by atoms with E-state index in [1.165, 1.54) is 0 Å². The molecule has 0 amide bonds. The molecule has 0 heterocycles. The topological polar surface area (TPSA) is 9.23 Å². The highest BCUT2D eigenvalue weighted by atomic mass is 16.5. The number of benzene rings is 1. The van der Waals surface area contributed by atoms with E-state index in [0.717, 1.165) is 17.7 Å². The highest BCUT2D eigenvalue weighted by Crippen LogP contribution is 2.04. The first-order valence-corrected chi connectivity index (χ1v) is 4.67. The van der Waals surface area contributed by atoms with Crippen molar-refractivity contribution in [3.63, 3.8) is 0 Å². The number of ether oxygens (including phenoxy) is 1. The highest BCUT2D eigenvalue weighted by Gasteiger charge is 1.87. The van der Waals surface area contributed by atoms with Crippen molar-refractivity contribution in [3.8, 4) is 12.3 Å². The van der Waals surface area contributed by atoms with Gasteiger partial charge in [-0.05, 0) is 24.6 Å². The van der Waals surface area contributed by atoms with Crippen LogP contribution in [0.3, 0.4) is 0 Å². The van der Waals surface area contributed by atoms with E-state index in [1.54, 1.807) is 0 Å². The lowest BCUT2D eigenvalue weighted by molar-refractivity contribution is 0.178. The normalized spacial score (nSPS) is 10.3. The maximum Gasteiger partial charge on any atom is 0.0650 e. The number of rotatable bonds is 4. The van der Waals surface area contributed by atoms with Crippen molar-refractivity contribution in [2.24, 2.45) is 0 Å². The molecule has 0 spiro atoms. The molecule has 0 N–H and O–H groups in total. The van der Waals surface area contributed by atoms with Crippen LogP contribution in [-0.4, -0.2) is 13.2 Å². The molecule has 0 aliphatic heterocycles. The summed E-state index contributed by atoms with van der Waals surface area (Å²) in [5.41, 5.74) is 2.05. The SMILES string of the molecule is C#Cc1ccc(/C=C/COCC)cc1. The van der Waals surface area contributed by atoms with Crippen LogP contribution in [-0.2, 0) is 4.74 Å². The minimum absolute atomic E-state index is 0.660. The van der Waals surface area contributed by atoms with Crippen LogP contribution in [0.2, 0.25) is 0 Å². The van der Waals surface area contributed by atoms with Gasteiger partial charge in [0.15, 0.2) is 0 Å². The third kappa shape index (κ3) is 3.47. The highest BCUT2D eigenvalue weighted by molar-refractivity contribution is 5.51. The zero-order valence-electron chi connectivity index (χ0n) is 8.36. The van der Waals surface area contributed by atoms with Crippen molar-refractivity contribution in [3.05, 3.63) is 41.5 Å². The lowest BCUT2D eigenvalue weighted by Gasteiger charge is -1.95. The summed E-state index contributed by atoms with van der Waals surface area (Å²) in [5, 5.41) is 0. The molecule has 1 nitrogen and oxygen atoms in total. The second-order valence-corrected chi connectivity index (χ2v) is 2.83. The van der Waals surface area contributed by atoms with Gasteiger partial charge in [0.05, 0.1) is 6.61 Å². The third-order valence-corrected chi connectivity index (χ3v) is 1.81. The summed E-state index contributed by atoms with van der Waals surface area (Å²) in [6, 6.07) is 7.86. The van der Waals surface area contributed by atoms with Crippen molar-refractivity contribution in [1.29, 1.82) is 0 Å². The maximum absolute atomic E-state index is 5.25. The van der Waals surface area contributed by atoms with E-state index in [9.17, 15) is 0 Å². The smallest absolute Gasteiger partial charge is 0.0650 e. The van der Waals surface area contributed by atoms with Gasteiger partial charge in [-0.15, -0.1) is 6.42 Å². The molecule has 0 aromatic heterocycles.